The van der Waals surface area contributed by atoms with Crippen LogP contribution in [0.4, 0.5) is 17.6 Å². The minimum Gasteiger partial charge on any atom is -0.249 e. The van der Waals surface area contributed by atoms with Crippen LogP contribution in [0, 0.1) is 5.38 Å². The predicted octanol–water partition coefficient (Wildman–Crippen LogP) is 2.29. The van der Waals surface area contributed by atoms with E-state index in [2.05, 4.69) is 11.6 Å². The van der Waals surface area contributed by atoms with Crippen LogP contribution in [0.25, 0.3) is 0 Å². The summed E-state index contributed by atoms with van der Waals surface area (Å²) < 4.78 is 44.1. The summed E-state index contributed by atoms with van der Waals surface area (Å²) in [5.41, 5.74) is 0. The first-order valence-electron chi connectivity index (χ1n) is 1.63. The summed E-state index contributed by atoms with van der Waals surface area (Å²) in [6.45, 7) is -1.65. The third-order valence-corrected chi connectivity index (χ3v) is 0.740. The lowest BCUT2D eigenvalue weighted by atomic mass is 10.5. The van der Waals surface area contributed by atoms with Crippen molar-refractivity contribution < 1.29 is 17.6 Å². The summed E-state index contributed by atoms with van der Waals surface area (Å²) in [6.07, 6.45) is -4.68. The van der Waals surface area contributed by atoms with Crippen molar-refractivity contribution in [3.05, 3.63) is 5.38 Å². The standard InChI is InChI=1S/C3H2ClF4/c4-2(1-5)3(6,7)8/h1H2. The molecule has 0 unspecified atom stereocenters. The molecule has 0 aliphatic heterocycles. The van der Waals surface area contributed by atoms with Gasteiger partial charge in [-0.05, 0) is 0 Å². The Morgan fingerprint density at radius 1 is 1.38 bits per heavy atom. The van der Waals surface area contributed by atoms with E-state index in [0.717, 1.165) is 0 Å². The largest absolute Gasteiger partial charge is 0.412 e. The van der Waals surface area contributed by atoms with Crippen LogP contribution in [-0.4, -0.2) is 12.9 Å². The highest BCUT2D eigenvalue weighted by Crippen LogP contribution is 2.31. The Balaban J connectivity index is 3.62. The van der Waals surface area contributed by atoms with Crippen LogP contribution >= 0.6 is 11.6 Å². The molecule has 8 heavy (non-hydrogen) atoms. The molecular weight excluding hydrogens is 147 g/mol. The smallest absolute Gasteiger partial charge is 0.249 e. The molecule has 0 aromatic rings. The van der Waals surface area contributed by atoms with Crippen LogP contribution in [0.15, 0.2) is 0 Å². The first kappa shape index (κ1) is 8.01. The molecule has 0 nitrogen and oxygen atoms in total. The summed E-state index contributed by atoms with van der Waals surface area (Å²) in [5, 5.41) is -1.61. The van der Waals surface area contributed by atoms with E-state index in [1.165, 1.54) is 0 Å². The van der Waals surface area contributed by atoms with E-state index in [-0.39, 0.29) is 0 Å². The van der Waals surface area contributed by atoms with Crippen LogP contribution in [0.5, 0.6) is 0 Å². The summed E-state index contributed by atoms with van der Waals surface area (Å²) in [4.78, 5) is 0. The second-order valence-electron chi connectivity index (χ2n) is 1.04. The molecule has 0 heterocycles. The first-order chi connectivity index (χ1) is 3.48. The van der Waals surface area contributed by atoms with Gasteiger partial charge < -0.3 is 0 Å². The zero-order chi connectivity index (χ0) is 6.78. The van der Waals surface area contributed by atoms with Gasteiger partial charge in [0.25, 0.3) is 0 Å². The fraction of sp³-hybridized carbons (Fsp3) is 0.667. The van der Waals surface area contributed by atoms with Crippen molar-refractivity contribution in [1.82, 2.24) is 0 Å². The molecule has 0 N–H and O–H groups in total. The zero-order valence-corrected chi connectivity index (χ0v) is 4.35. The lowest BCUT2D eigenvalue weighted by Gasteiger charge is -2.06. The van der Waals surface area contributed by atoms with Gasteiger partial charge in [0.15, 0.2) is 5.38 Å². The Hall–Kier alpha value is 0.01000. The van der Waals surface area contributed by atoms with Crippen LogP contribution in [-0.2, 0) is 0 Å². The van der Waals surface area contributed by atoms with E-state index >= 15 is 0 Å². The van der Waals surface area contributed by atoms with E-state index in [1.807, 2.05) is 0 Å². The molecule has 49 valence electrons. The van der Waals surface area contributed by atoms with Gasteiger partial charge in [-0.2, -0.15) is 13.2 Å². The topological polar surface area (TPSA) is 0 Å². The van der Waals surface area contributed by atoms with Gasteiger partial charge in [0.05, 0.1) is 0 Å². The molecule has 0 fully saturated rings. The fourth-order valence-corrected chi connectivity index (χ4v) is 0.0758. The molecule has 0 saturated heterocycles. The molecule has 0 amide bonds. The summed E-state index contributed by atoms with van der Waals surface area (Å²) >= 11 is 4.36. The van der Waals surface area contributed by atoms with Gasteiger partial charge in [-0.15, -0.1) is 11.6 Å². The second kappa shape index (κ2) is 2.53. The second-order valence-corrected chi connectivity index (χ2v) is 1.49. The highest BCUT2D eigenvalue weighted by Gasteiger charge is 2.39. The number of hydrogen-bond donors (Lipinski definition) is 0. The lowest BCUT2D eigenvalue weighted by Crippen LogP contribution is -2.16. The Labute approximate surface area is 48.4 Å². The van der Waals surface area contributed by atoms with Gasteiger partial charge in [0, 0.05) is 0 Å². The molecule has 0 aliphatic carbocycles. The first-order valence-corrected chi connectivity index (χ1v) is 2.00. The Morgan fingerprint density at radius 3 is 1.75 bits per heavy atom. The Morgan fingerprint density at radius 2 is 1.75 bits per heavy atom. The SMILES string of the molecule is FC[C](Cl)C(F)(F)F. The Bertz CT molecular complexity index is 68.2. The zero-order valence-electron chi connectivity index (χ0n) is 3.60. The molecule has 0 spiro atoms. The van der Waals surface area contributed by atoms with Gasteiger partial charge in [-0.3, -0.25) is 0 Å². The van der Waals surface area contributed by atoms with Crippen LogP contribution in [0.1, 0.15) is 0 Å². The summed E-state index contributed by atoms with van der Waals surface area (Å²) in [5.74, 6) is 0. The van der Waals surface area contributed by atoms with E-state index in [0.29, 0.717) is 0 Å². The quantitative estimate of drug-likeness (QED) is 0.502. The molecule has 0 aromatic carbocycles. The van der Waals surface area contributed by atoms with E-state index < -0.39 is 18.2 Å². The van der Waals surface area contributed by atoms with Crippen molar-refractivity contribution in [3.8, 4) is 0 Å². The van der Waals surface area contributed by atoms with Crippen molar-refractivity contribution in [3.63, 3.8) is 0 Å². The molecule has 0 saturated carbocycles. The van der Waals surface area contributed by atoms with Crippen molar-refractivity contribution in [2.45, 2.75) is 6.18 Å². The van der Waals surface area contributed by atoms with Crippen molar-refractivity contribution in [2.24, 2.45) is 0 Å². The molecule has 0 aliphatic rings. The maximum Gasteiger partial charge on any atom is 0.412 e. The van der Waals surface area contributed by atoms with Gasteiger partial charge in [0.1, 0.15) is 6.67 Å². The van der Waals surface area contributed by atoms with E-state index in [1.54, 1.807) is 0 Å². The molecule has 0 atom stereocenters. The maximum atomic E-state index is 11.0. The van der Waals surface area contributed by atoms with Gasteiger partial charge in [-0.25, -0.2) is 4.39 Å². The summed E-state index contributed by atoms with van der Waals surface area (Å²) in [6, 6.07) is 0. The highest BCUT2D eigenvalue weighted by molar-refractivity contribution is 6.27. The Kier molecular flexibility index (Phi) is 2.53. The monoisotopic (exact) mass is 149 g/mol. The number of rotatable bonds is 1. The molecule has 0 rings (SSSR count). The average molecular weight is 149 g/mol. The lowest BCUT2D eigenvalue weighted by molar-refractivity contribution is -0.106. The maximum absolute atomic E-state index is 11.0. The summed E-state index contributed by atoms with van der Waals surface area (Å²) in [7, 11) is 0. The van der Waals surface area contributed by atoms with Crippen LogP contribution in [0.2, 0.25) is 0 Å². The van der Waals surface area contributed by atoms with Crippen LogP contribution in [0.3, 0.4) is 0 Å². The predicted molar refractivity (Wildman–Crippen MR) is 21.1 cm³/mol. The van der Waals surface area contributed by atoms with E-state index in [4.69, 9.17) is 0 Å². The normalized spacial score (nSPS) is 12.8. The van der Waals surface area contributed by atoms with Gasteiger partial charge in [-0.1, -0.05) is 0 Å². The van der Waals surface area contributed by atoms with Crippen molar-refractivity contribution in [2.75, 3.05) is 6.67 Å². The highest BCUT2D eigenvalue weighted by atomic mass is 35.5. The average Bonchev–Trinajstić information content (AvgIpc) is 1.62. The third kappa shape index (κ3) is 2.35. The minimum atomic E-state index is -4.68. The van der Waals surface area contributed by atoms with Gasteiger partial charge in [0.2, 0.25) is 0 Å². The third-order valence-electron chi connectivity index (χ3n) is 0.425. The van der Waals surface area contributed by atoms with Crippen molar-refractivity contribution in [1.29, 1.82) is 0 Å². The molecule has 0 aromatic heterocycles. The fourth-order valence-electron chi connectivity index (χ4n) is 0.0758. The molecule has 1 radical (unpaired) electrons. The number of halogens is 5. The van der Waals surface area contributed by atoms with Crippen molar-refractivity contribution >= 4 is 11.6 Å². The van der Waals surface area contributed by atoms with E-state index in [9.17, 15) is 17.6 Å². The van der Waals surface area contributed by atoms with Gasteiger partial charge >= 0.3 is 6.18 Å². The molecule has 0 bridgehead atoms. The molecular formula is C3H2ClF4. The number of hydrogen-bond acceptors (Lipinski definition) is 0. The van der Waals surface area contributed by atoms with Crippen LogP contribution < -0.4 is 0 Å². The molecule has 5 heteroatoms. The number of alkyl halides is 4. The minimum absolute atomic E-state index is 1.61.